The number of esters is 1. The number of ether oxygens (including phenoxy) is 1. The molecule has 100 valence electrons. The van der Waals surface area contributed by atoms with Crippen LogP contribution in [0.5, 0.6) is 0 Å². The molecule has 1 rings (SSSR count). The summed E-state index contributed by atoms with van der Waals surface area (Å²) < 4.78 is 4.47. The summed E-state index contributed by atoms with van der Waals surface area (Å²) in [5.74, 6) is -3.17. The van der Waals surface area contributed by atoms with E-state index in [2.05, 4.69) is 4.74 Å². The summed E-state index contributed by atoms with van der Waals surface area (Å²) in [5, 5.41) is 9.07. The molecule has 0 saturated carbocycles. The molecule has 0 fully saturated rings. The lowest BCUT2D eigenvalue weighted by atomic mass is 9.82. The van der Waals surface area contributed by atoms with Gasteiger partial charge in [-0.05, 0) is 12.8 Å². The van der Waals surface area contributed by atoms with Crippen LogP contribution < -0.4 is 0 Å². The van der Waals surface area contributed by atoms with Crippen LogP contribution in [0.1, 0.15) is 12.8 Å². The van der Waals surface area contributed by atoms with E-state index in [-0.39, 0.29) is 12.5 Å². The summed E-state index contributed by atoms with van der Waals surface area (Å²) >= 11 is 0. The summed E-state index contributed by atoms with van der Waals surface area (Å²) in [6.07, 6.45) is 4.30. The Kier molecular flexibility index (Phi) is 4.88. The molecule has 0 spiro atoms. The molecule has 1 aliphatic carbocycles. The summed E-state index contributed by atoms with van der Waals surface area (Å²) in [5.41, 5.74) is 0. The monoisotopic (exact) mass is 255 g/mol. The van der Waals surface area contributed by atoms with Gasteiger partial charge in [-0.3, -0.25) is 14.4 Å². The molecule has 0 aromatic carbocycles. The number of aliphatic carboxylic acids is 1. The van der Waals surface area contributed by atoms with E-state index >= 15 is 0 Å². The Morgan fingerprint density at radius 2 is 1.83 bits per heavy atom. The van der Waals surface area contributed by atoms with Crippen molar-refractivity contribution in [3.63, 3.8) is 0 Å². The maximum atomic E-state index is 12.1. The summed E-state index contributed by atoms with van der Waals surface area (Å²) in [4.78, 5) is 35.5. The molecule has 0 aromatic rings. The molecule has 0 aromatic heterocycles. The molecular formula is C12H17NO5. The molecule has 0 saturated heterocycles. The highest BCUT2D eigenvalue weighted by molar-refractivity contribution is 5.87. The Balaban J connectivity index is 2.72. The van der Waals surface area contributed by atoms with Crippen LogP contribution in [0.2, 0.25) is 0 Å². The number of nitrogens with zero attached hydrogens (tertiary/aromatic N) is 1. The van der Waals surface area contributed by atoms with Crippen molar-refractivity contribution >= 4 is 17.8 Å². The standard InChI is InChI=1S/C12H17NO5/c1-13(7-10(14)18-2)11(15)8-5-3-4-6-9(8)12(16)17/h3-4,8-9H,5-7H2,1-2H3,(H,16,17)/t8-,9+/m1/s1. The van der Waals surface area contributed by atoms with E-state index < -0.39 is 23.8 Å². The van der Waals surface area contributed by atoms with Crippen LogP contribution >= 0.6 is 0 Å². The fourth-order valence-corrected chi connectivity index (χ4v) is 1.98. The zero-order chi connectivity index (χ0) is 13.7. The number of likely N-dealkylation sites (N-methyl/N-ethyl adjacent to an activating group) is 1. The zero-order valence-electron chi connectivity index (χ0n) is 10.5. The topological polar surface area (TPSA) is 83.9 Å². The molecule has 0 aliphatic heterocycles. The van der Waals surface area contributed by atoms with Crippen molar-refractivity contribution in [2.24, 2.45) is 11.8 Å². The Hall–Kier alpha value is -1.85. The van der Waals surface area contributed by atoms with Gasteiger partial charge in [0.1, 0.15) is 6.54 Å². The second kappa shape index (κ2) is 6.18. The maximum absolute atomic E-state index is 12.1. The zero-order valence-corrected chi connectivity index (χ0v) is 10.5. The van der Waals surface area contributed by atoms with Crippen LogP contribution in [0.15, 0.2) is 12.2 Å². The fourth-order valence-electron chi connectivity index (χ4n) is 1.98. The predicted octanol–water partition coefficient (Wildman–Crippen LogP) is 0.285. The van der Waals surface area contributed by atoms with Crippen LogP contribution in [0.4, 0.5) is 0 Å². The second-order valence-electron chi connectivity index (χ2n) is 4.26. The van der Waals surface area contributed by atoms with Crippen LogP contribution in [-0.4, -0.2) is 48.6 Å². The number of hydrogen-bond donors (Lipinski definition) is 1. The molecule has 6 nitrogen and oxygen atoms in total. The first-order valence-electron chi connectivity index (χ1n) is 5.67. The van der Waals surface area contributed by atoms with Crippen LogP contribution in [0.25, 0.3) is 0 Å². The first-order chi connectivity index (χ1) is 8.47. The molecule has 1 amide bonds. The molecule has 6 heteroatoms. The minimum atomic E-state index is -0.982. The molecule has 2 atom stereocenters. The quantitative estimate of drug-likeness (QED) is 0.576. The lowest BCUT2D eigenvalue weighted by molar-refractivity contribution is -0.152. The Morgan fingerprint density at radius 3 is 2.33 bits per heavy atom. The normalized spacial score (nSPS) is 22.3. The maximum Gasteiger partial charge on any atom is 0.325 e. The van der Waals surface area contributed by atoms with E-state index in [9.17, 15) is 14.4 Å². The summed E-state index contributed by atoms with van der Waals surface area (Å²) in [7, 11) is 2.71. The van der Waals surface area contributed by atoms with Crippen molar-refractivity contribution in [3.8, 4) is 0 Å². The van der Waals surface area contributed by atoms with Gasteiger partial charge in [-0.2, -0.15) is 0 Å². The first-order valence-corrected chi connectivity index (χ1v) is 5.67. The SMILES string of the molecule is COC(=O)CN(C)C(=O)[C@@H]1CC=CC[C@@H]1C(=O)O. The van der Waals surface area contributed by atoms with Gasteiger partial charge in [0.05, 0.1) is 18.9 Å². The molecular weight excluding hydrogens is 238 g/mol. The largest absolute Gasteiger partial charge is 0.481 e. The van der Waals surface area contributed by atoms with Gasteiger partial charge in [-0.25, -0.2) is 0 Å². The number of amides is 1. The molecule has 0 bridgehead atoms. The predicted molar refractivity (Wildman–Crippen MR) is 62.6 cm³/mol. The summed E-state index contributed by atoms with van der Waals surface area (Å²) in [6.45, 7) is -0.165. The van der Waals surface area contributed by atoms with Crippen LogP contribution in [-0.2, 0) is 19.1 Å². The van der Waals surface area contributed by atoms with E-state index in [4.69, 9.17) is 5.11 Å². The van der Waals surface area contributed by atoms with Crippen molar-refractivity contribution in [2.75, 3.05) is 20.7 Å². The van der Waals surface area contributed by atoms with Crippen molar-refractivity contribution in [2.45, 2.75) is 12.8 Å². The number of carboxylic acid groups (broad SMARTS) is 1. The van der Waals surface area contributed by atoms with Gasteiger partial charge in [0, 0.05) is 7.05 Å². The fraction of sp³-hybridized carbons (Fsp3) is 0.583. The second-order valence-corrected chi connectivity index (χ2v) is 4.26. The van der Waals surface area contributed by atoms with Crippen molar-refractivity contribution in [1.29, 1.82) is 0 Å². The average Bonchev–Trinajstić information content (AvgIpc) is 2.37. The van der Waals surface area contributed by atoms with Gasteiger partial charge < -0.3 is 14.7 Å². The van der Waals surface area contributed by atoms with E-state index in [1.807, 2.05) is 0 Å². The van der Waals surface area contributed by atoms with E-state index in [0.717, 1.165) is 0 Å². The number of hydrogen-bond acceptors (Lipinski definition) is 4. The van der Waals surface area contributed by atoms with Gasteiger partial charge >= 0.3 is 11.9 Å². The van der Waals surface area contributed by atoms with Crippen molar-refractivity contribution in [1.82, 2.24) is 4.90 Å². The number of carbonyl (C=O) groups excluding carboxylic acids is 2. The third-order valence-electron chi connectivity index (χ3n) is 3.04. The average molecular weight is 255 g/mol. The van der Waals surface area contributed by atoms with Gasteiger partial charge in [-0.15, -0.1) is 0 Å². The van der Waals surface area contributed by atoms with E-state index in [0.29, 0.717) is 12.8 Å². The smallest absolute Gasteiger partial charge is 0.325 e. The van der Waals surface area contributed by atoms with E-state index in [1.54, 1.807) is 12.2 Å². The number of carboxylic acids is 1. The highest BCUT2D eigenvalue weighted by atomic mass is 16.5. The molecule has 1 aliphatic rings. The molecule has 0 heterocycles. The molecule has 1 N–H and O–H groups in total. The van der Waals surface area contributed by atoms with Crippen molar-refractivity contribution < 1.29 is 24.2 Å². The van der Waals surface area contributed by atoms with Crippen molar-refractivity contribution in [3.05, 3.63) is 12.2 Å². The lowest BCUT2D eigenvalue weighted by Crippen LogP contribution is -2.42. The third-order valence-corrected chi connectivity index (χ3v) is 3.04. The Morgan fingerprint density at radius 1 is 1.28 bits per heavy atom. The van der Waals surface area contributed by atoms with E-state index in [1.165, 1.54) is 19.1 Å². The van der Waals surface area contributed by atoms with Crippen LogP contribution in [0, 0.1) is 11.8 Å². The summed E-state index contributed by atoms with van der Waals surface area (Å²) in [6, 6.07) is 0. The highest BCUT2D eigenvalue weighted by Crippen LogP contribution is 2.27. The lowest BCUT2D eigenvalue weighted by Gasteiger charge is -2.28. The Labute approximate surface area is 105 Å². The van der Waals surface area contributed by atoms with Gasteiger partial charge in [0.2, 0.25) is 5.91 Å². The molecule has 18 heavy (non-hydrogen) atoms. The number of allylic oxidation sites excluding steroid dienone is 2. The number of methoxy groups -OCH3 is 1. The number of rotatable bonds is 4. The molecule has 0 unspecified atom stereocenters. The molecule has 0 radical (unpaired) electrons. The highest BCUT2D eigenvalue weighted by Gasteiger charge is 2.35. The first kappa shape index (κ1) is 14.2. The van der Waals surface area contributed by atoms with Crippen LogP contribution in [0.3, 0.4) is 0 Å². The van der Waals surface area contributed by atoms with Gasteiger partial charge in [0.15, 0.2) is 0 Å². The Bertz CT molecular complexity index is 377. The minimum Gasteiger partial charge on any atom is -0.481 e. The minimum absolute atomic E-state index is 0.165. The van der Waals surface area contributed by atoms with Gasteiger partial charge in [0.25, 0.3) is 0 Å². The third kappa shape index (κ3) is 3.32. The van der Waals surface area contributed by atoms with Gasteiger partial charge in [-0.1, -0.05) is 12.2 Å². The number of carbonyl (C=O) groups is 3.